The maximum Gasteiger partial charge on any atom is 0.0697 e. The Morgan fingerprint density at radius 3 is 2.27 bits per heavy atom. The first-order valence-corrected chi connectivity index (χ1v) is 6.17. The van der Waals surface area contributed by atoms with Gasteiger partial charge in [0.25, 0.3) is 0 Å². The molecule has 3 heteroatoms. The Morgan fingerprint density at radius 1 is 1.07 bits per heavy atom. The minimum Gasteiger partial charge on any atom is -0.379 e. The number of hydrogen-bond donors (Lipinski definition) is 0. The van der Waals surface area contributed by atoms with Gasteiger partial charge in [0.1, 0.15) is 0 Å². The lowest BCUT2D eigenvalue weighted by Crippen LogP contribution is -2.51. The van der Waals surface area contributed by atoms with Crippen molar-refractivity contribution in [3.8, 4) is 0 Å². The summed E-state index contributed by atoms with van der Waals surface area (Å²) in [5.41, 5.74) is 0.706. The van der Waals surface area contributed by atoms with E-state index in [9.17, 15) is 0 Å². The highest BCUT2D eigenvalue weighted by molar-refractivity contribution is 5.12. The summed E-state index contributed by atoms with van der Waals surface area (Å²) in [6.07, 6.45) is 6.46. The number of fused-ring (bicyclic) bond motifs is 2. The van der Waals surface area contributed by atoms with Crippen LogP contribution in [0.2, 0.25) is 0 Å². The molecule has 1 aliphatic heterocycles. The van der Waals surface area contributed by atoms with Crippen LogP contribution in [0.5, 0.6) is 0 Å². The lowest BCUT2D eigenvalue weighted by Gasteiger charge is -2.41. The molecule has 2 aliphatic carbocycles. The maximum atomic E-state index is 5.75. The Balaban J connectivity index is 1.76. The molecule has 0 spiro atoms. The van der Waals surface area contributed by atoms with Gasteiger partial charge in [0.05, 0.1) is 18.8 Å². The van der Waals surface area contributed by atoms with Gasteiger partial charge in [-0.3, -0.25) is 4.90 Å². The van der Waals surface area contributed by atoms with E-state index in [-0.39, 0.29) is 5.60 Å². The Kier molecular flexibility index (Phi) is 2.31. The van der Waals surface area contributed by atoms with Crippen LogP contribution in [0.15, 0.2) is 0 Å². The van der Waals surface area contributed by atoms with Crippen molar-refractivity contribution in [3.05, 3.63) is 0 Å². The highest BCUT2D eigenvalue weighted by atomic mass is 16.5. The van der Waals surface area contributed by atoms with E-state index in [0.717, 1.165) is 26.3 Å². The topological polar surface area (TPSA) is 21.7 Å². The van der Waals surface area contributed by atoms with E-state index in [1.165, 1.54) is 32.1 Å². The highest BCUT2D eigenvalue weighted by Gasteiger charge is 2.57. The maximum absolute atomic E-state index is 5.75. The zero-order valence-electron chi connectivity index (χ0n) is 9.63. The van der Waals surface area contributed by atoms with Gasteiger partial charge in [0.15, 0.2) is 0 Å². The summed E-state index contributed by atoms with van der Waals surface area (Å²) in [4.78, 5) is 2.67. The fraction of sp³-hybridized carbons (Fsp3) is 1.00. The van der Waals surface area contributed by atoms with E-state index in [0.29, 0.717) is 5.54 Å². The zero-order valence-corrected chi connectivity index (χ0v) is 9.63. The van der Waals surface area contributed by atoms with Crippen LogP contribution in [0.3, 0.4) is 0 Å². The molecule has 3 rings (SSSR count). The molecule has 0 N–H and O–H groups in total. The average Bonchev–Trinajstić information content (AvgIpc) is 2.88. The molecule has 86 valence electrons. The van der Waals surface area contributed by atoms with Crippen LogP contribution in [0.4, 0.5) is 0 Å². The first-order chi connectivity index (χ1) is 7.29. The fourth-order valence-electron chi connectivity index (χ4n) is 3.87. The summed E-state index contributed by atoms with van der Waals surface area (Å²) < 4.78 is 11.2. The van der Waals surface area contributed by atoms with Gasteiger partial charge >= 0.3 is 0 Å². The van der Waals surface area contributed by atoms with Gasteiger partial charge in [0.2, 0.25) is 0 Å². The molecule has 2 saturated carbocycles. The van der Waals surface area contributed by atoms with Crippen molar-refractivity contribution in [3.63, 3.8) is 0 Å². The van der Waals surface area contributed by atoms with Crippen molar-refractivity contribution in [2.45, 2.75) is 43.2 Å². The SMILES string of the molecule is COC12CCC(N3CCOCC3)(CC1)C2. The molecule has 0 unspecified atom stereocenters. The molecule has 0 aromatic rings. The van der Waals surface area contributed by atoms with Crippen molar-refractivity contribution in [2.75, 3.05) is 33.4 Å². The molecular weight excluding hydrogens is 190 g/mol. The standard InChI is InChI=1S/C12H21NO2/c1-14-12-4-2-11(10-12,3-5-12)13-6-8-15-9-7-13/h2-10H2,1H3. The largest absolute Gasteiger partial charge is 0.379 e. The van der Waals surface area contributed by atoms with Gasteiger partial charge in [-0.2, -0.15) is 0 Å². The molecule has 0 aromatic carbocycles. The van der Waals surface area contributed by atoms with E-state index in [1.807, 2.05) is 7.11 Å². The van der Waals surface area contributed by atoms with Crippen molar-refractivity contribution >= 4 is 0 Å². The molecule has 1 heterocycles. The summed E-state index contributed by atoms with van der Waals surface area (Å²) in [6.45, 7) is 4.09. The van der Waals surface area contributed by atoms with Gasteiger partial charge in [-0.05, 0) is 32.1 Å². The quantitative estimate of drug-likeness (QED) is 0.689. The third kappa shape index (κ3) is 1.44. The minimum atomic E-state index is 0.234. The van der Waals surface area contributed by atoms with Crippen LogP contribution >= 0.6 is 0 Å². The molecule has 0 atom stereocenters. The molecule has 0 radical (unpaired) electrons. The van der Waals surface area contributed by atoms with Gasteiger partial charge in [0, 0.05) is 25.7 Å². The van der Waals surface area contributed by atoms with Crippen molar-refractivity contribution in [1.82, 2.24) is 4.90 Å². The molecule has 3 nitrogen and oxygen atoms in total. The smallest absolute Gasteiger partial charge is 0.0697 e. The fourth-order valence-corrected chi connectivity index (χ4v) is 3.87. The summed E-state index contributed by atoms with van der Waals surface area (Å²) in [5, 5.41) is 0. The lowest BCUT2D eigenvalue weighted by molar-refractivity contribution is -0.0200. The predicted molar refractivity (Wildman–Crippen MR) is 57.9 cm³/mol. The predicted octanol–water partition coefficient (Wildman–Crippen LogP) is 1.42. The molecule has 0 aromatic heterocycles. The molecule has 0 amide bonds. The number of nitrogens with zero attached hydrogens (tertiary/aromatic N) is 1. The summed E-state index contributed by atoms with van der Waals surface area (Å²) >= 11 is 0. The molecule has 2 bridgehead atoms. The second-order valence-electron chi connectivity index (χ2n) is 5.39. The third-order valence-corrected chi connectivity index (χ3v) is 4.86. The first-order valence-electron chi connectivity index (χ1n) is 6.17. The Bertz CT molecular complexity index is 240. The normalized spacial score (nSPS) is 46.2. The van der Waals surface area contributed by atoms with E-state index >= 15 is 0 Å². The second-order valence-corrected chi connectivity index (χ2v) is 5.39. The first kappa shape index (κ1) is 10.1. The number of rotatable bonds is 2. The van der Waals surface area contributed by atoms with Gasteiger partial charge in [-0.1, -0.05) is 0 Å². The minimum absolute atomic E-state index is 0.234. The van der Waals surface area contributed by atoms with Crippen LogP contribution in [0, 0.1) is 0 Å². The number of ether oxygens (including phenoxy) is 2. The monoisotopic (exact) mass is 211 g/mol. The lowest BCUT2D eigenvalue weighted by atomic mass is 9.91. The number of morpholine rings is 1. The second kappa shape index (κ2) is 3.44. The summed E-state index contributed by atoms with van der Waals surface area (Å²) in [7, 11) is 1.89. The van der Waals surface area contributed by atoms with E-state index < -0.39 is 0 Å². The molecule has 3 aliphatic rings. The number of methoxy groups -OCH3 is 1. The van der Waals surface area contributed by atoms with E-state index in [1.54, 1.807) is 0 Å². The van der Waals surface area contributed by atoms with Crippen LogP contribution in [-0.2, 0) is 9.47 Å². The van der Waals surface area contributed by atoms with Gasteiger partial charge < -0.3 is 9.47 Å². The Labute approximate surface area is 91.7 Å². The van der Waals surface area contributed by atoms with Crippen LogP contribution in [0.1, 0.15) is 32.1 Å². The molecule has 3 fully saturated rings. The molecule has 1 saturated heterocycles. The molecule has 15 heavy (non-hydrogen) atoms. The van der Waals surface area contributed by atoms with Crippen LogP contribution in [0.25, 0.3) is 0 Å². The Morgan fingerprint density at radius 2 is 1.73 bits per heavy atom. The van der Waals surface area contributed by atoms with Gasteiger partial charge in [-0.15, -0.1) is 0 Å². The van der Waals surface area contributed by atoms with Crippen molar-refractivity contribution in [1.29, 1.82) is 0 Å². The average molecular weight is 211 g/mol. The third-order valence-electron chi connectivity index (χ3n) is 4.86. The summed E-state index contributed by atoms with van der Waals surface area (Å²) in [6, 6.07) is 0. The van der Waals surface area contributed by atoms with Crippen molar-refractivity contribution < 1.29 is 9.47 Å². The Hall–Kier alpha value is -0.120. The van der Waals surface area contributed by atoms with Crippen molar-refractivity contribution in [2.24, 2.45) is 0 Å². The molecular formula is C12H21NO2. The highest BCUT2D eigenvalue weighted by Crippen LogP contribution is 2.55. The van der Waals surface area contributed by atoms with Gasteiger partial charge in [-0.25, -0.2) is 0 Å². The van der Waals surface area contributed by atoms with Crippen LogP contribution in [-0.4, -0.2) is 49.5 Å². The van der Waals surface area contributed by atoms with E-state index in [2.05, 4.69) is 4.90 Å². The van der Waals surface area contributed by atoms with E-state index in [4.69, 9.17) is 9.47 Å². The number of hydrogen-bond acceptors (Lipinski definition) is 3. The zero-order chi connectivity index (χ0) is 10.4. The van der Waals surface area contributed by atoms with Crippen LogP contribution < -0.4 is 0 Å². The summed E-state index contributed by atoms with van der Waals surface area (Å²) in [5.74, 6) is 0.